The Hall–Kier alpha value is -2.47. The molecule has 0 unspecified atom stereocenters. The minimum absolute atomic E-state index is 0.175. The summed E-state index contributed by atoms with van der Waals surface area (Å²) in [6.07, 6.45) is 1.76. The minimum Gasteiger partial charge on any atom is -0.361 e. The molecule has 0 bridgehead atoms. The number of aromatic nitrogens is 2. The normalized spacial score (nSPS) is 10.6. The van der Waals surface area contributed by atoms with E-state index in [-0.39, 0.29) is 5.91 Å². The Morgan fingerprint density at radius 2 is 2.23 bits per heavy atom. The molecule has 22 heavy (non-hydrogen) atoms. The fourth-order valence-electron chi connectivity index (χ4n) is 2.22. The van der Waals surface area contributed by atoms with Gasteiger partial charge in [0.15, 0.2) is 0 Å². The lowest BCUT2D eigenvalue weighted by Crippen LogP contribution is -2.23. The Kier molecular flexibility index (Phi) is 4.02. The van der Waals surface area contributed by atoms with E-state index in [0.29, 0.717) is 23.6 Å². The molecule has 0 atom stereocenters. The number of aryl methyl sites for hydroxylation is 2. The maximum atomic E-state index is 12.2. The summed E-state index contributed by atoms with van der Waals surface area (Å²) in [6, 6.07) is 7.90. The van der Waals surface area contributed by atoms with Crippen molar-refractivity contribution in [2.24, 2.45) is 0 Å². The fourth-order valence-corrected chi connectivity index (χ4v) is 2.91. The van der Waals surface area contributed by atoms with Gasteiger partial charge in [-0.3, -0.25) is 9.78 Å². The number of carbonyl (C=O) groups excluding carboxylic acids is 1. The topological polar surface area (TPSA) is 68.0 Å². The van der Waals surface area contributed by atoms with Crippen LogP contribution in [0.5, 0.6) is 0 Å². The van der Waals surface area contributed by atoms with Crippen LogP contribution in [0.1, 0.15) is 27.4 Å². The zero-order valence-corrected chi connectivity index (χ0v) is 13.1. The first-order chi connectivity index (χ1) is 10.6. The second kappa shape index (κ2) is 6.11. The molecule has 0 saturated carbocycles. The predicted octanol–water partition coefficient (Wildman–Crippen LogP) is 3.34. The van der Waals surface area contributed by atoms with Crippen molar-refractivity contribution >= 4 is 17.2 Å². The van der Waals surface area contributed by atoms with Crippen LogP contribution in [0.4, 0.5) is 0 Å². The molecule has 6 heteroatoms. The van der Waals surface area contributed by atoms with E-state index in [9.17, 15) is 4.79 Å². The van der Waals surface area contributed by atoms with Gasteiger partial charge in [0.05, 0.1) is 16.3 Å². The van der Waals surface area contributed by atoms with Crippen LogP contribution in [0.15, 0.2) is 40.4 Å². The summed E-state index contributed by atoms with van der Waals surface area (Å²) in [5.41, 5.74) is 3.02. The van der Waals surface area contributed by atoms with Crippen LogP contribution in [-0.4, -0.2) is 16.0 Å². The van der Waals surface area contributed by atoms with Crippen molar-refractivity contribution in [3.05, 3.63) is 58.4 Å². The Morgan fingerprint density at radius 1 is 1.36 bits per heavy atom. The van der Waals surface area contributed by atoms with Crippen LogP contribution in [0.25, 0.3) is 10.6 Å². The molecule has 0 radical (unpaired) electrons. The number of nitrogens with zero attached hydrogens (tertiary/aromatic N) is 2. The average molecular weight is 313 g/mol. The number of amides is 1. The van der Waals surface area contributed by atoms with E-state index in [4.69, 9.17) is 4.52 Å². The van der Waals surface area contributed by atoms with Crippen molar-refractivity contribution in [3.63, 3.8) is 0 Å². The summed E-state index contributed by atoms with van der Waals surface area (Å²) in [7, 11) is 0. The van der Waals surface area contributed by atoms with Gasteiger partial charge in [-0.2, -0.15) is 0 Å². The van der Waals surface area contributed by atoms with Crippen molar-refractivity contribution in [3.8, 4) is 10.6 Å². The summed E-state index contributed by atoms with van der Waals surface area (Å²) < 4.78 is 5.02. The minimum atomic E-state index is -0.175. The maximum absolute atomic E-state index is 12.2. The van der Waals surface area contributed by atoms with Gasteiger partial charge in [-0.1, -0.05) is 11.2 Å². The highest BCUT2D eigenvalue weighted by Gasteiger charge is 2.17. The molecule has 3 aromatic heterocycles. The van der Waals surface area contributed by atoms with E-state index >= 15 is 0 Å². The first kappa shape index (κ1) is 14.5. The van der Waals surface area contributed by atoms with Gasteiger partial charge in [0.25, 0.3) is 5.91 Å². The number of rotatable bonds is 4. The molecule has 0 aromatic carbocycles. The Labute approximate surface area is 132 Å². The van der Waals surface area contributed by atoms with E-state index in [1.807, 2.05) is 29.6 Å². The smallest absolute Gasteiger partial charge is 0.257 e. The molecule has 0 fully saturated rings. The highest BCUT2D eigenvalue weighted by atomic mass is 32.1. The molecule has 3 rings (SSSR count). The van der Waals surface area contributed by atoms with E-state index in [1.54, 1.807) is 31.4 Å². The largest absolute Gasteiger partial charge is 0.361 e. The Morgan fingerprint density at radius 3 is 2.91 bits per heavy atom. The summed E-state index contributed by atoms with van der Waals surface area (Å²) in [4.78, 5) is 17.7. The fraction of sp³-hybridized carbons (Fsp3) is 0.188. The van der Waals surface area contributed by atoms with Crippen LogP contribution in [-0.2, 0) is 6.54 Å². The van der Waals surface area contributed by atoms with E-state index in [0.717, 1.165) is 16.1 Å². The van der Waals surface area contributed by atoms with Crippen molar-refractivity contribution in [1.82, 2.24) is 15.5 Å². The van der Waals surface area contributed by atoms with Crippen molar-refractivity contribution < 1.29 is 9.32 Å². The lowest BCUT2D eigenvalue weighted by molar-refractivity contribution is 0.0949. The van der Waals surface area contributed by atoms with Gasteiger partial charge < -0.3 is 9.84 Å². The number of carbonyl (C=O) groups is 1. The number of thiophene rings is 1. The van der Waals surface area contributed by atoms with Gasteiger partial charge in [-0.25, -0.2) is 0 Å². The molecule has 0 aliphatic rings. The van der Waals surface area contributed by atoms with Crippen LogP contribution in [0.2, 0.25) is 0 Å². The number of hydrogen-bond acceptors (Lipinski definition) is 5. The van der Waals surface area contributed by atoms with Gasteiger partial charge >= 0.3 is 0 Å². The van der Waals surface area contributed by atoms with Gasteiger partial charge in [0, 0.05) is 12.7 Å². The molecule has 0 aliphatic carbocycles. The lowest BCUT2D eigenvalue weighted by Gasteiger charge is -2.06. The van der Waals surface area contributed by atoms with Crippen LogP contribution in [0.3, 0.4) is 0 Å². The Bertz CT molecular complexity index is 774. The molecule has 0 saturated heterocycles. The van der Waals surface area contributed by atoms with Crippen molar-refractivity contribution in [2.45, 2.75) is 20.4 Å². The van der Waals surface area contributed by atoms with E-state index in [1.165, 1.54) is 0 Å². The first-order valence-electron chi connectivity index (χ1n) is 6.85. The monoisotopic (exact) mass is 313 g/mol. The third-order valence-corrected chi connectivity index (χ3v) is 4.20. The predicted molar refractivity (Wildman–Crippen MR) is 84.7 cm³/mol. The first-order valence-corrected chi connectivity index (χ1v) is 7.73. The summed E-state index contributed by atoms with van der Waals surface area (Å²) >= 11 is 1.64. The number of hydrogen-bond donors (Lipinski definition) is 1. The SMILES string of the molecule is Cc1noc(C)c1C(=O)NCc1ccnc(-c2cccs2)c1. The molecule has 0 spiro atoms. The molecule has 5 nitrogen and oxygen atoms in total. The lowest BCUT2D eigenvalue weighted by atomic mass is 10.1. The highest BCUT2D eigenvalue weighted by molar-refractivity contribution is 7.13. The number of pyridine rings is 1. The second-order valence-corrected chi connectivity index (χ2v) is 5.86. The van der Waals surface area contributed by atoms with Crippen LogP contribution in [0, 0.1) is 13.8 Å². The van der Waals surface area contributed by atoms with Gasteiger partial charge in [-0.05, 0) is 43.0 Å². The number of nitrogens with one attached hydrogen (secondary N) is 1. The van der Waals surface area contributed by atoms with Gasteiger partial charge in [0.2, 0.25) is 0 Å². The maximum Gasteiger partial charge on any atom is 0.257 e. The average Bonchev–Trinajstić information content (AvgIpc) is 3.16. The standard InChI is InChI=1S/C16H15N3O2S/c1-10-15(11(2)21-19-10)16(20)18-9-12-5-6-17-13(8-12)14-4-3-7-22-14/h3-8H,9H2,1-2H3,(H,18,20). The Balaban J connectivity index is 1.72. The zero-order valence-electron chi connectivity index (χ0n) is 12.3. The molecule has 3 aromatic rings. The second-order valence-electron chi connectivity index (χ2n) is 4.91. The third-order valence-electron chi connectivity index (χ3n) is 3.31. The summed E-state index contributed by atoms with van der Waals surface area (Å²) in [5.74, 6) is 0.356. The van der Waals surface area contributed by atoms with Gasteiger partial charge in [-0.15, -0.1) is 11.3 Å². The van der Waals surface area contributed by atoms with Crippen LogP contribution >= 0.6 is 11.3 Å². The van der Waals surface area contributed by atoms with Crippen molar-refractivity contribution in [1.29, 1.82) is 0 Å². The molecule has 112 valence electrons. The van der Waals surface area contributed by atoms with Gasteiger partial charge in [0.1, 0.15) is 11.3 Å². The summed E-state index contributed by atoms with van der Waals surface area (Å²) in [6.45, 7) is 3.92. The van der Waals surface area contributed by atoms with E-state index in [2.05, 4.69) is 15.5 Å². The van der Waals surface area contributed by atoms with Crippen molar-refractivity contribution in [2.75, 3.05) is 0 Å². The van der Waals surface area contributed by atoms with E-state index < -0.39 is 0 Å². The van der Waals surface area contributed by atoms with Crippen LogP contribution < -0.4 is 5.32 Å². The molecular weight excluding hydrogens is 298 g/mol. The molecular formula is C16H15N3O2S. The quantitative estimate of drug-likeness (QED) is 0.802. The molecule has 1 amide bonds. The zero-order chi connectivity index (χ0) is 15.5. The third kappa shape index (κ3) is 2.92. The summed E-state index contributed by atoms with van der Waals surface area (Å²) in [5, 5.41) is 8.70. The molecule has 0 aliphatic heterocycles. The highest BCUT2D eigenvalue weighted by Crippen LogP contribution is 2.23. The molecule has 3 heterocycles. The molecule has 1 N–H and O–H groups in total.